The maximum atomic E-state index is 10.8. The van der Waals surface area contributed by atoms with Crippen molar-refractivity contribution in [3.63, 3.8) is 0 Å². The van der Waals surface area contributed by atoms with Crippen molar-refractivity contribution in [3.05, 3.63) is 47.7 Å². The molecule has 0 saturated carbocycles. The Labute approximate surface area is 92.6 Å². The first-order valence-corrected chi connectivity index (χ1v) is 4.80. The second kappa shape index (κ2) is 4.10. The van der Waals surface area contributed by atoms with Crippen LogP contribution in [0.25, 0.3) is 11.3 Å². The van der Waals surface area contributed by atoms with Crippen LogP contribution >= 0.6 is 0 Å². The molecule has 1 N–H and O–H groups in total. The van der Waals surface area contributed by atoms with Crippen molar-refractivity contribution in [2.24, 2.45) is 0 Å². The Balaban J connectivity index is 2.44. The van der Waals surface area contributed by atoms with Crippen molar-refractivity contribution < 1.29 is 9.90 Å². The highest BCUT2D eigenvalue weighted by atomic mass is 16.4. The number of carboxylic acids is 1. The van der Waals surface area contributed by atoms with Gasteiger partial charge in [-0.05, 0) is 13.0 Å². The van der Waals surface area contributed by atoms with Crippen LogP contribution in [0.4, 0.5) is 0 Å². The topological polar surface area (TPSA) is 63.1 Å². The van der Waals surface area contributed by atoms with Crippen molar-refractivity contribution in [1.82, 2.24) is 10.2 Å². The van der Waals surface area contributed by atoms with Crippen LogP contribution in [-0.4, -0.2) is 21.3 Å². The van der Waals surface area contributed by atoms with Gasteiger partial charge in [-0.2, -0.15) is 10.2 Å². The molecule has 0 radical (unpaired) electrons. The van der Waals surface area contributed by atoms with Crippen LogP contribution in [0.15, 0.2) is 36.5 Å². The van der Waals surface area contributed by atoms with Gasteiger partial charge in [0.1, 0.15) is 0 Å². The molecule has 1 heterocycles. The standard InChI is InChI=1S/C12H10N2O2/c1-8-2-4-9(5-3-8)11-6-10(12(15)16)7-13-14-11/h2-7H,1H3,(H,15,16). The average Bonchev–Trinajstić information content (AvgIpc) is 2.30. The number of aryl methyl sites for hydroxylation is 1. The zero-order chi connectivity index (χ0) is 11.5. The molecule has 2 aromatic rings. The summed E-state index contributed by atoms with van der Waals surface area (Å²) in [5.74, 6) is -0.997. The number of hydrogen-bond donors (Lipinski definition) is 1. The first-order valence-electron chi connectivity index (χ1n) is 4.80. The Hall–Kier alpha value is -2.23. The molecule has 4 heteroatoms. The fraction of sp³-hybridized carbons (Fsp3) is 0.0833. The molecule has 1 aromatic heterocycles. The van der Waals surface area contributed by atoms with E-state index in [4.69, 9.17) is 5.11 Å². The van der Waals surface area contributed by atoms with Crippen LogP contribution in [0.2, 0.25) is 0 Å². The highest BCUT2D eigenvalue weighted by molar-refractivity contribution is 5.88. The number of aromatic nitrogens is 2. The van der Waals surface area contributed by atoms with E-state index < -0.39 is 5.97 Å². The van der Waals surface area contributed by atoms with Crippen LogP contribution in [0.5, 0.6) is 0 Å². The number of carboxylic acid groups (broad SMARTS) is 1. The van der Waals surface area contributed by atoms with Crippen LogP contribution < -0.4 is 0 Å². The van der Waals surface area contributed by atoms with Crippen molar-refractivity contribution in [2.45, 2.75) is 6.92 Å². The summed E-state index contributed by atoms with van der Waals surface area (Å²) in [7, 11) is 0. The Morgan fingerprint density at radius 1 is 1.25 bits per heavy atom. The Morgan fingerprint density at radius 2 is 1.94 bits per heavy atom. The molecule has 0 amide bonds. The number of aromatic carboxylic acids is 1. The minimum atomic E-state index is -0.997. The summed E-state index contributed by atoms with van der Waals surface area (Å²) in [6, 6.07) is 9.20. The van der Waals surface area contributed by atoms with Crippen LogP contribution in [0.1, 0.15) is 15.9 Å². The van der Waals surface area contributed by atoms with E-state index >= 15 is 0 Å². The van der Waals surface area contributed by atoms with Gasteiger partial charge in [0.2, 0.25) is 0 Å². The van der Waals surface area contributed by atoms with Gasteiger partial charge in [-0.15, -0.1) is 0 Å². The molecule has 0 aliphatic heterocycles. The number of carbonyl (C=O) groups is 1. The number of benzene rings is 1. The molecule has 4 nitrogen and oxygen atoms in total. The predicted octanol–water partition coefficient (Wildman–Crippen LogP) is 2.15. The summed E-state index contributed by atoms with van der Waals surface area (Å²) in [4.78, 5) is 10.8. The van der Waals surface area contributed by atoms with Gasteiger partial charge in [-0.1, -0.05) is 29.8 Å². The molecule has 0 unspecified atom stereocenters. The van der Waals surface area contributed by atoms with E-state index in [0.717, 1.165) is 11.1 Å². The van der Waals surface area contributed by atoms with E-state index in [-0.39, 0.29) is 5.56 Å². The molecule has 0 aliphatic carbocycles. The van der Waals surface area contributed by atoms with Crippen molar-refractivity contribution >= 4 is 5.97 Å². The van der Waals surface area contributed by atoms with Crippen LogP contribution in [0.3, 0.4) is 0 Å². The summed E-state index contributed by atoms with van der Waals surface area (Å²) >= 11 is 0. The third-order valence-corrected chi connectivity index (χ3v) is 2.25. The minimum Gasteiger partial charge on any atom is -0.478 e. The van der Waals surface area contributed by atoms with Crippen LogP contribution in [0, 0.1) is 6.92 Å². The Bertz CT molecular complexity index is 521. The molecule has 0 bridgehead atoms. The van der Waals surface area contributed by atoms with Crippen molar-refractivity contribution in [1.29, 1.82) is 0 Å². The van der Waals surface area contributed by atoms with Gasteiger partial charge in [0.05, 0.1) is 17.5 Å². The van der Waals surface area contributed by atoms with E-state index in [0.29, 0.717) is 5.69 Å². The molecule has 0 fully saturated rings. The normalized spacial score (nSPS) is 10.1. The summed E-state index contributed by atoms with van der Waals surface area (Å²) < 4.78 is 0. The lowest BCUT2D eigenvalue weighted by Gasteiger charge is -2.01. The second-order valence-electron chi connectivity index (χ2n) is 3.50. The zero-order valence-electron chi connectivity index (χ0n) is 8.71. The highest BCUT2D eigenvalue weighted by Gasteiger charge is 2.06. The molecule has 80 valence electrons. The van der Waals surface area contributed by atoms with Gasteiger partial charge in [-0.3, -0.25) is 0 Å². The van der Waals surface area contributed by atoms with E-state index in [2.05, 4.69) is 10.2 Å². The third-order valence-electron chi connectivity index (χ3n) is 2.25. The first-order chi connectivity index (χ1) is 7.66. The smallest absolute Gasteiger partial charge is 0.337 e. The Morgan fingerprint density at radius 3 is 2.56 bits per heavy atom. The third kappa shape index (κ3) is 2.06. The highest BCUT2D eigenvalue weighted by Crippen LogP contribution is 2.17. The Kier molecular flexibility index (Phi) is 2.64. The summed E-state index contributed by atoms with van der Waals surface area (Å²) in [6.45, 7) is 1.99. The van der Waals surface area contributed by atoms with Gasteiger partial charge in [0, 0.05) is 5.56 Å². The quantitative estimate of drug-likeness (QED) is 0.831. The molecule has 0 aliphatic rings. The SMILES string of the molecule is Cc1ccc(-c2cc(C(=O)O)cnn2)cc1. The van der Waals surface area contributed by atoms with Gasteiger partial charge >= 0.3 is 5.97 Å². The van der Waals surface area contributed by atoms with Gasteiger partial charge in [0.25, 0.3) is 0 Å². The molecular weight excluding hydrogens is 204 g/mol. The second-order valence-corrected chi connectivity index (χ2v) is 3.50. The summed E-state index contributed by atoms with van der Waals surface area (Å²) in [5, 5.41) is 16.4. The molecule has 0 saturated heterocycles. The molecule has 2 rings (SSSR count). The summed E-state index contributed by atoms with van der Waals surface area (Å²) in [6.07, 6.45) is 1.24. The van der Waals surface area contributed by atoms with Crippen LogP contribution in [-0.2, 0) is 0 Å². The molecule has 16 heavy (non-hydrogen) atoms. The average molecular weight is 214 g/mol. The lowest BCUT2D eigenvalue weighted by Crippen LogP contribution is -1.99. The van der Waals surface area contributed by atoms with E-state index in [1.165, 1.54) is 12.3 Å². The van der Waals surface area contributed by atoms with Crippen molar-refractivity contribution in [3.8, 4) is 11.3 Å². The molecule has 1 aromatic carbocycles. The fourth-order valence-electron chi connectivity index (χ4n) is 1.35. The van der Waals surface area contributed by atoms with Crippen molar-refractivity contribution in [2.75, 3.05) is 0 Å². The minimum absolute atomic E-state index is 0.144. The summed E-state index contributed by atoms with van der Waals surface area (Å²) in [5.41, 5.74) is 2.72. The van der Waals surface area contributed by atoms with Gasteiger partial charge in [0.15, 0.2) is 0 Å². The number of hydrogen-bond acceptors (Lipinski definition) is 3. The molecule has 0 spiro atoms. The number of rotatable bonds is 2. The zero-order valence-corrected chi connectivity index (χ0v) is 8.71. The largest absolute Gasteiger partial charge is 0.478 e. The lowest BCUT2D eigenvalue weighted by molar-refractivity contribution is 0.0696. The fourth-order valence-corrected chi connectivity index (χ4v) is 1.35. The maximum absolute atomic E-state index is 10.8. The van der Waals surface area contributed by atoms with E-state index in [1.54, 1.807) is 0 Å². The lowest BCUT2D eigenvalue weighted by atomic mass is 10.1. The molecular formula is C12H10N2O2. The van der Waals surface area contributed by atoms with Gasteiger partial charge < -0.3 is 5.11 Å². The number of nitrogens with zero attached hydrogens (tertiary/aromatic N) is 2. The molecule has 0 atom stereocenters. The van der Waals surface area contributed by atoms with Gasteiger partial charge in [-0.25, -0.2) is 4.79 Å². The maximum Gasteiger partial charge on any atom is 0.337 e. The predicted molar refractivity (Wildman–Crippen MR) is 59.2 cm³/mol. The van der Waals surface area contributed by atoms with E-state index in [1.807, 2.05) is 31.2 Å². The first kappa shape index (κ1) is 10.3. The van der Waals surface area contributed by atoms with E-state index in [9.17, 15) is 4.79 Å². The monoisotopic (exact) mass is 214 g/mol.